The van der Waals surface area contributed by atoms with Crippen molar-refractivity contribution in [2.45, 2.75) is 13.3 Å². The summed E-state index contributed by atoms with van der Waals surface area (Å²) in [4.78, 5) is 0. The fourth-order valence-electron chi connectivity index (χ4n) is 2.06. The summed E-state index contributed by atoms with van der Waals surface area (Å²) in [7, 11) is 3.15. The van der Waals surface area contributed by atoms with Gasteiger partial charge in [-0.2, -0.15) is 5.10 Å². The van der Waals surface area contributed by atoms with Gasteiger partial charge in [-0.1, -0.05) is 6.07 Å². The molecule has 0 aliphatic carbocycles. The van der Waals surface area contributed by atoms with Crippen molar-refractivity contribution in [1.82, 2.24) is 0 Å². The zero-order valence-corrected chi connectivity index (χ0v) is 13.2. The summed E-state index contributed by atoms with van der Waals surface area (Å²) in [5.41, 5.74) is 4.44. The van der Waals surface area contributed by atoms with Crippen molar-refractivity contribution in [1.29, 1.82) is 0 Å². The number of anilines is 1. The van der Waals surface area contributed by atoms with Crippen LogP contribution >= 0.6 is 0 Å². The first-order valence-electron chi connectivity index (χ1n) is 6.98. The number of methoxy groups -OCH3 is 2. The standard InChI is InChI=1S/C17H18F2N2O2/c1-11(20-21-15-6-5-13(18)10-14(15)19)8-12-4-7-16(22-2)17(9-12)23-3/h4-7,9-10,21H,8H2,1-3H3/b20-11-. The molecule has 6 heteroatoms. The van der Waals surface area contributed by atoms with Gasteiger partial charge in [-0.3, -0.25) is 5.43 Å². The van der Waals surface area contributed by atoms with Crippen molar-refractivity contribution in [3.63, 3.8) is 0 Å². The number of hydrogen-bond donors (Lipinski definition) is 1. The highest BCUT2D eigenvalue weighted by Gasteiger charge is 2.06. The number of rotatable bonds is 6. The maximum absolute atomic E-state index is 13.5. The van der Waals surface area contributed by atoms with Gasteiger partial charge in [-0.05, 0) is 36.8 Å². The Kier molecular flexibility index (Phi) is 5.51. The fraction of sp³-hybridized carbons (Fsp3) is 0.235. The van der Waals surface area contributed by atoms with E-state index in [0.29, 0.717) is 17.9 Å². The summed E-state index contributed by atoms with van der Waals surface area (Å²) < 4.78 is 36.8. The first kappa shape index (κ1) is 16.7. The summed E-state index contributed by atoms with van der Waals surface area (Å²) in [5, 5.41) is 4.11. The Hall–Kier alpha value is -2.63. The number of nitrogens with one attached hydrogen (secondary N) is 1. The van der Waals surface area contributed by atoms with Crippen LogP contribution in [0.5, 0.6) is 11.5 Å². The zero-order valence-electron chi connectivity index (χ0n) is 13.2. The van der Waals surface area contributed by atoms with Crippen molar-refractivity contribution in [2.24, 2.45) is 5.10 Å². The first-order chi connectivity index (χ1) is 11.0. The van der Waals surface area contributed by atoms with Crippen molar-refractivity contribution in [3.8, 4) is 11.5 Å². The molecule has 0 atom stereocenters. The highest BCUT2D eigenvalue weighted by molar-refractivity contribution is 5.85. The van der Waals surface area contributed by atoms with E-state index >= 15 is 0 Å². The van der Waals surface area contributed by atoms with Crippen molar-refractivity contribution < 1.29 is 18.3 Å². The van der Waals surface area contributed by atoms with Crippen LogP contribution in [-0.2, 0) is 6.42 Å². The van der Waals surface area contributed by atoms with E-state index in [1.54, 1.807) is 14.2 Å². The molecule has 0 unspecified atom stereocenters. The zero-order chi connectivity index (χ0) is 16.8. The molecular weight excluding hydrogens is 302 g/mol. The lowest BCUT2D eigenvalue weighted by Gasteiger charge is -2.10. The summed E-state index contributed by atoms with van der Waals surface area (Å²) in [6, 6.07) is 8.85. The molecule has 0 aliphatic heterocycles. The topological polar surface area (TPSA) is 42.8 Å². The average Bonchev–Trinajstić information content (AvgIpc) is 2.54. The highest BCUT2D eigenvalue weighted by atomic mass is 19.1. The molecular formula is C17H18F2N2O2. The minimum Gasteiger partial charge on any atom is -0.493 e. The number of benzene rings is 2. The quantitative estimate of drug-likeness (QED) is 0.646. The molecule has 0 heterocycles. The molecule has 0 bridgehead atoms. The lowest BCUT2D eigenvalue weighted by Crippen LogP contribution is -2.03. The molecule has 0 amide bonds. The molecule has 2 aromatic carbocycles. The fourth-order valence-corrected chi connectivity index (χ4v) is 2.06. The van der Waals surface area contributed by atoms with Crippen LogP contribution < -0.4 is 14.9 Å². The molecule has 0 radical (unpaired) electrons. The summed E-state index contributed by atoms with van der Waals surface area (Å²) >= 11 is 0. The third-order valence-corrected chi connectivity index (χ3v) is 3.21. The molecule has 0 aliphatic rings. The van der Waals surface area contributed by atoms with E-state index in [-0.39, 0.29) is 5.69 Å². The predicted molar refractivity (Wildman–Crippen MR) is 86.3 cm³/mol. The predicted octanol–water partition coefficient (Wildman–Crippen LogP) is 4.01. The van der Waals surface area contributed by atoms with Crippen molar-refractivity contribution in [2.75, 3.05) is 19.6 Å². The second-order valence-electron chi connectivity index (χ2n) is 4.95. The van der Waals surface area contributed by atoms with Gasteiger partial charge in [0.2, 0.25) is 0 Å². The molecule has 23 heavy (non-hydrogen) atoms. The minimum absolute atomic E-state index is 0.123. The molecule has 0 saturated carbocycles. The normalized spacial score (nSPS) is 11.3. The second kappa shape index (κ2) is 7.58. The first-order valence-corrected chi connectivity index (χ1v) is 6.98. The SMILES string of the molecule is COc1ccc(C/C(C)=N\Nc2ccc(F)cc2F)cc1OC. The van der Waals surface area contributed by atoms with E-state index in [1.807, 2.05) is 25.1 Å². The molecule has 4 nitrogen and oxygen atoms in total. The van der Waals surface area contributed by atoms with Gasteiger partial charge in [0.25, 0.3) is 0 Å². The van der Waals surface area contributed by atoms with Crippen molar-refractivity contribution in [3.05, 3.63) is 53.6 Å². The Bertz CT molecular complexity index is 718. The van der Waals surface area contributed by atoms with Gasteiger partial charge in [0, 0.05) is 18.2 Å². The smallest absolute Gasteiger partial charge is 0.160 e. The molecule has 0 saturated heterocycles. The highest BCUT2D eigenvalue weighted by Crippen LogP contribution is 2.27. The molecule has 2 rings (SSSR count). The van der Waals surface area contributed by atoms with E-state index in [0.717, 1.165) is 17.3 Å². The van der Waals surface area contributed by atoms with Crippen LogP contribution in [0.15, 0.2) is 41.5 Å². The largest absolute Gasteiger partial charge is 0.493 e. The van der Waals surface area contributed by atoms with Crippen molar-refractivity contribution >= 4 is 11.4 Å². The van der Waals surface area contributed by atoms with Gasteiger partial charge in [0.05, 0.1) is 19.9 Å². The van der Waals surface area contributed by atoms with Gasteiger partial charge in [0.15, 0.2) is 17.3 Å². The molecule has 1 N–H and O–H groups in total. The van der Waals surface area contributed by atoms with E-state index < -0.39 is 11.6 Å². The number of ether oxygens (including phenoxy) is 2. The van der Waals surface area contributed by atoms with E-state index in [9.17, 15) is 8.78 Å². The van der Waals surface area contributed by atoms with Gasteiger partial charge in [-0.15, -0.1) is 0 Å². The minimum atomic E-state index is -0.687. The van der Waals surface area contributed by atoms with Crippen LogP contribution in [0.25, 0.3) is 0 Å². The number of hydrazone groups is 1. The van der Waals surface area contributed by atoms with Gasteiger partial charge >= 0.3 is 0 Å². The summed E-state index contributed by atoms with van der Waals surface area (Å²) in [6.07, 6.45) is 0.552. The molecule has 0 aromatic heterocycles. The molecule has 0 spiro atoms. The third kappa shape index (κ3) is 4.42. The molecule has 122 valence electrons. The average molecular weight is 320 g/mol. The summed E-state index contributed by atoms with van der Waals surface area (Å²) in [5.74, 6) is -0.0283. The van der Waals surface area contributed by atoms with Crippen LogP contribution in [0.4, 0.5) is 14.5 Å². The van der Waals surface area contributed by atoms with E-state index in [4.69, 9.17) is 9.47 Å². The molecule has 2 aromatic rings. The van der Waals surface area contributed by atoms with Gasteiger partial charge < -0.3 is 9.47 Å². The molecule has 0 fully saturated rings. The van der Waals surface area contributed by atoms with Gasteiger partial charge in [0.1, 0.15) is 5.82 Å². The number of nitrogens with zero attached hydrogens (tertiary/aromatic N) is 1. The second-order valence-corrected chi connectivity index (χ2v) is 4.95. The Morgan fingerprint density at radius 2 is 1.78 bits per heavy atom. The van der Waals surface area contributed by atoms with Crippen LogP contribution in [0.2, 0.25) is 0 Å². The number of halogens is 2. The van der Waals surface area contributed by atoms with E-state index in [2.05, 4.69) is 10.5 Å². The Balaban J connectivity index is 2.07. The monoisotopic (exact) mass is 320 g/mol. The Morgan fingerprint density at radius 3 is 2.43 bits per heavy atom. The third-order valence-electron chi connectivity index (χ3n) is 3.21. The lowest BCUT2D eigenvalue weighted by molar-refractivity contribution is 0.354. The summed E-state index contributed by atoms with van der Waals surface area (Å²) in [6.45, 7) is 1.81. The van der Waals surface area contributed by atoms with Crippen LogP contribution in [-0.4, -0.2) is 19.9 Å². The lowest BCUT2D eigenvalue weighted by atomic mass is 10.1. The Labute approximate surface area is 133 Å². The van der Waals surface area contributed by atoms with Crippen LogP contribution in [0, 0.1) is 11.6 Å². The number of hydrogen-bond acceptors (Lipinski definition) is 4. The van der Waals surface area contributed by atoms with Crippen LogP contribution in [0.3, 0.4) is 0 Å². The maximum atomic E-state index is 13.5. The van der Waals surface area contributed by atoms with Gasteiger partial charge in [-0.25, -0.2) is 8.78 Å². The van der Waals surface area contributed by atoms with E-state index in [1.165, 1.54) is 12.1 Å². The Morgan fingerprint density at radius 1 is 1.04 bits per heavy atom. The van der Waals surface area contributed by atoms with Crippen LogP contribution in [0.1, 0.15) is 12.5 Å². The maximum Gasteiger partial charge on any atom is 0.160 e.